The molecule has 2 heterocycles. The van der Waals surface area contributed by atoms with Crippen LogP contribution in [-0.4, -0.2) is 60.4 Å². The van der Waals surface area contributed by atoms with E-state index in [1.54, 1.807) is 18.0 Å². The van der Waals surface area contributed by atoms with Crippen LogP contribution in [0.15, 0.2) is 6.20 Å². The van der Waals surface area contributed by atoms with E-state index in [4.69, 9.17) is 9.47 Å². The number of nitrogens with zero attached hydrogens (tertiary/aromatic N) is 3. The van der Waals surface area contributed by atoms with Crippen LogP contribution >= 0.6 is 0 Å². The normalized spacial score (nSPS) is 20.9. The van der Waals surface area contributed by atoms with Gasteiger partial charge in [0.05, 0.1) is 19.9 Å². The number of carbonyl (C=O) groups is 1. The van der Waals surface area contributed by atoms with Crippen molar-refractivity contribution in [1.29, 1.82) is 0 Å². The van der Waals surface area contributed by atoms with Crippen LogP contribution in [0.3, 0.4) is 0 Å². The number of hydrogen-bond donors (Lipinski definition) is 0. The van der Waals surface area contributed by atoms with E-state index < -0.39 is 6.10 Å². The van der Waals surface area contributed by atoms with Crippen molar-refractivity contribution in [2.75, 3.05) is 33.9 Å². The number of aromatic nitrogens is 2. The van der Waals surface area contributed by atoms with Gasteiger partial charge in [0.25, 0.3) is 0 Å². The van der Waals surface area contributed by atoms with E-state index in [9.17, 15) is 4.79 Å². The Labute approximate surface area is 106 Å². The molecule has 1 unspecified atom stereocenters. The van der Waals surface area contributed by atoms with Crippen LogP contribution in [0.1, 0.15) is 17.4 Å². The molecule has 0 bridgehead atoms. The predicted octanol–water partition coefficient (Wildman–Crippen LogP) is 0.425. The van der Waals surface area contributed by atoms with E-state index in [0.29, 0.717) is 31.1 Å². The lowest BCUT2D eigenvalue weighted by atomic mass is 10.1. The summed E-state index contributed by atoms with van der Waals surface area (Å²) in [4.78, 5) is 14.6. The van der Waals surface area contributed by atoms with Gasteiger partial charge < -0.3 is 14.4 Å². The number of rotatable bonds is 4. The van der Waals surface area contributed by atoms with Crippen molar-refractivity contribution in [1.82, 2.24) is 14.7 Å². The molecule has 100 valence electrons. The summed E-state index contributed by atoms with van der Waals surface area (Å²) in [5.41, 5.74) is 0.500. The van der Waals surface area contributed by atoms with Gasteiger partial charge in [-0.15, -0.1) is 0 Å². The van der Waals surface area contributed by atoms with Crippen LogP contribution in [0.25, 0.3) is 0 Å². The van der Waals surface area contributed by atoms with Crippen LogP contribution in [0.2, 0.25) is 0 Å². The highest BCUT2D eigenvalue weighted by molar-refractivity contribution is 6.00. The molecule has 18 heavy (non-hydrogen) atoms. The van der Waals surface area contributed by atoms with Crippen molar-refractivity contribution in [3.05, 3.63) is 11.9 Å². The molecule has 0 radical (unpaired) electrons. The second-order valence-corrected chi connectivity index (χ2v) is 4.36. The summed E-state index contributed by atoms with van der Waals surface area (Å²) in [6.45, 7) is 4.62. The van der Waals surface area contributed by atoms with Gasteiger partial charge >= 0.3 is 0 Å². The van der Waals surface area contributed by atoms with Gasteiger partial charge in [-0.1, -0.05) is 0 Å². The highest BCUT2D eigenvalue weighted by atomic mass is 16.5. The molecule has 1 aromatic rings. The number of hydrogen-bond acceptors (Lipinski definition) is 5. The molecule has 2 rings (SSSR count). The number of methoxy groups -OCH3 is 1. The predicted molar refractivity (Wildman–Crippen MR) is 66.0 cm³/mol. The van der Waals surface area contributed by atoms with E-state index in [0.717, 1.165) is 6.54 Å². The van der Waals surface area contributed by atoms with Crippen LogP contribution < -0.4 is 4.74 Å². The molecule has 0 aromatic carbocycles. The largest absolute Gasteiger partial charge is 0.493 e. The second kappa shape index (κ2) is 5.49. The molecule has 0 amide bonds. The first kappa shape index (κ1) is 13.0. The van der Waals surface area contributed by atoms with Crippen molar-refractivity contribution in [2.24, 2.45) is 0 Å². The van der Waals surface area contributed by atoms with Gasteiger partial charge in [-0.05, 0) is 14.0 Å². The number of ketones is 1. The van der Waals surface area contributed by atoms with E-state index >= 15 is 0 Å². The van der Waals surface area contributed by atoms with Crippen LogP contribution in [0, 0.1) is 0 Å². The van der Waals surface area contributed by atoms with Gasteiger partial charge in [0.2, 0.25) is 5.78 Å². The summed E-state index contributed by atoms with van der Waals surface area (Å²) in [5, 5.41) is 4.14. The summed E-state index contributed by atoms with van der Waals surface area (Å²) >= 11 is 0. The molecule has 0 N–H and O–H groups in total. The van der Waals surface area contributed by atoms with Gasteiger partial charge in [-0.2, -0.15) is 5.10 Å². The molecule has 1 fully saturated rings. The Morgan fingerprint density at radius 1 is 1.67 bits per heavy atom. The molecule has 6 nitrogen and oxygen atoms in total. The maximum absolute atomic E-state index is 12.5. The summed E-state index contributed by atoms with van der Waals surface area (Å²) in [7, 11) is 3.53. The monoisotopic (exact) mass is 253 g/mol. The third kappa shape index (κ3) is 2.39. The number of morpholine rings is 1. The van der Waals surface area contributed by atoms with Crippen molar-refractivity contribution < 1.29 is 14.3 Å². The Morgan fingerprint density at radius 3 is 3.06 bits per heavy atom. The molecule has 1 aromatic heterocycles. The standard InChI is InChI=1S/C12H19N3O3/c1-4-15-11(9(17-3)7-13-15)12(16)10-8-14(2)5-6-18-10/h7,10H,4-6,8H2,1-3H3. The average Bonchev–Trinajstić information content (AvgIpc) is 2.80. The zero-order chi connectivity index (χ0) is 13.1. The van der Waals surface area contributed by atoms with Gasteiger partial charge in [-0.3, -0.25) is 9.48 Å². The molecule has 0 aliphatic carbocycles. The molecule has 1 saturated heterocycles. The van der Waals surface area contributed by atoms with Crippen molar-refractivity contribution >= 4 is 5.78 Å². The lowest BCUT2D eigenvalue weighted by Gasteiger charge is -2.29. The Balaban J connectivity index is 2.24. The number of aryl methyl sites for hydroxylation is 1. The van der Waals surface area contributed by atoms with Crippen molar-refractivity contribution in [3.63, 3.8) is 0 Å². The first-order chi connectivity index (χ1) is 8.67. The second-order valence-electron chi connectivity index (χ2n) is 4.36. The zero-order valence-corrected chi connectivity index (χ0v) is 11.0. The Kier molecular flexibility index (Phi) is 3.98. The van der Waals surface area contributed by atoms with E-state index in [-0.39, 0.29) is 5.78 Å². The fourth-order valence-electron chi connectivity index (χ4n) is 2.09. The average molecular weight is 253 g/mol. The molecule has 1 aliphatic heterocycles. The molecular formula is C12H19N3O3. The van der Waals surface area contributed by atoms with Crippen molar-refractivity contribution in [2.45, 2.75) is 19.6 Å². The minimum Gasteiger partial charge on any atom is -0.493 e. The molecule has 1 aliphatic rings. The van der Waals surface area contributed by atoms with Crippen LogP contribution in [0.4, 0.5) is 0 Å². The lowest BCUT2D eigenvalue weighted by Crippen LogP contribution is -2.44. The van der Waals surface area contributed by atoms with Gasteiger partial charge in [0, 0.05) is 19.6 Å². The Hall–Kier alpha value is -1.40. The quantitative estimate of drug-likeness (QED) is 0.728. The highest BCUT2D eigenvalue weighted by Crippen LogP contribution is 2.21. The smallest absolute Gasteiger partial charge is 0.214 e. The van der Waals surface area contributed by atoms with Gasteiger partial charge in [-0.25, -0.2) is 0 Å². The SMILES string of the molecule is CCn1ncc(OC)c1C(=O)C1CN(C)CCO1. The lowest BCUT2D eigenvalue weighted by molar-refractivity contribution is -0.00930. The number of ether oxygens (including phenoxy) is 2. The van der Waals surface area contributed by atoms with E-state index in [2.05, 4.69) is 10.00 Å². The minimum absolute atomic E-state index is 0.0576. The third-order valence-electron chi connectivity index (χ3n) is 3.12. The van der Waals surface area contributed by atoms with Crippen molar-refractivity contribution in [3.8, 4) is 5.75 Å². The third-order valence-corrected chi connectivity index (χ3v) is 3.12. The van der Waals surface area contributed by atoms with E-state index in [1.165, 1.54) is 0 Å². The first-order valence-corrected chi connectivity index (χ1v) is 6.11. The summed E-state index contributed by atoms with van der Waals surface area (Å²) in [6.07, 6.45) is 1.14. The Morgan fingerprint density at radius 2 is 2.44 bits per heavy atom. The summed E-state index contributed by atoms with van der Waals surface area (Å²) in [5.74, 6) is 0.455. The number of Topliss-reactive ketones (excluding diaryl/α,β-unsaturated/α-hetero) is 1. The molecule has 1 atom stereocenters. The first-order valence-electron chi connectivity index (χ1n) is 6.11. The fourth-order valence-corrected chi connectivity index (χ4v) is 2.09. The molecule has 0 saturated carbocycles. The van der Waals surface area contributed by atoms with Crippen LogP contribution in [0.5, 0.6) is 5.75 Å². The maximum Gasteiger partial charge on any atom is 0.214 e. The number of likely N-dealkylation sites (N-methyl/N-ethyl adjacent to an activating group) is 1. The van der Waals surface area contributed by atoms with Crippen LogP contribution in [-0.2, 0) is 11.3 Å². The molecule has 6 heteroatoms. The maximum atomic E-state index is 12.5. The summed E-state index contributed by atoms with van der Waals surface area (Å²) in [6, 6.07) is 0. The summed E-state index contributed by atoms with van der Waals surface area (Å²) < 4.78 is 12.4. The molecule has 0 spiro atoms. The van der Waals surface area contributed by atoms with Gasteiger partial charge in [0.1, 0.15) is 11.8 Å². The highest BCUT2D eigenvalue weighted by Gasteiger charge is 2.30. The minimum atomic E-state index is -0.431. The molecular weight excluding hydrogens is 234 g/mol. The number of carbonyl (C=O) groups excluding carboxylic acids is 1. The fraction of sp³-hybridized carbons (Fsp3) is 0.667. The van der Waals surface area contributed by atoms with Gasteiger partial charge in [0.15, 0.2) is 5.75 Å². The zero-order valence-electron chi connectivity index (χ0n) is 11.0. The topological polar surface area (TPSA) is 56.6 Å². The van der Waals surface area contributed by atoms with E-state index in [1.807, 2.05) is 14.0 Å². The Bertz CT molecular complexity index is 409.